The number of rotatable bonds is 8. The van der Waals surface area contributed by atoms with Gasteiger partial charge in [0.2, 0.25) is 0 Å². The van der Waals surface area contributed by atoms with Crippen LogP contribution < -0.4 is 10.1 Å². The van der Waals surface area contributed by atoms with E-state index < -0.39 is 0 Å². The van der Waals surface area contributed by atoms with Crippen molar-refractivity contribution in [3.05, 3.63) is 65.7 Å². The molecule has 1 aliphatic heterocycles. The molecule has 4 rings (SSSR count). The molecule has 1 heterocycles. The van der Waals surface area contributed by atoms with Crippen LogP contribution >= 0.6 is 0 Å². The first-order valence-corrected chi connectivity index (χ1v) is 12.8. The molecule has 1 saturated heterocycles. The molecule has 2 aliphatic rings. The molecule has 0 aromatic heterocycles. The first-order valence-electron chi connectivity index (χ1n) is 12.8. The van der Waals surface area contributed by atoms with Gasteiger partial charge in [0.15, 0.2) is 0 Å². The average Bonchev–Trinajstić information content (AvgIpc) is 2.85. The molecule has 1 saturated carbocycles. The smallest absolute Gasteiger partial charge is 0.318 e. The van der Waals surface area contributed by atoms with Crippen molar-refractivity contribution in [1.82, 2.24) is 15.1 Å². The second kappa shape index (κ2) is 12.1. The third-order valence-electron chi connectivity index (χ3n) is 7.03. The Hall–Kier alpha value is -2.53. The molecular formula is C28H39N3O2. The fourth-order valence-electron chi connectivity index (χ4n) is 5.16. The first-order chi connectivity index (χ1) is 16.2. The van der Waals surface area contributed by atoms with Gasteiger partial charge in [0.05, 0.1) is 6.61 Å². The van der Waals surface area contributed by atoms with Crippen LogP contribution in [0.3, 0.4) is 0 Å². The van der Waals surface area contributed by atoms with Gasteiger partial charge in [-0.05, 0) is 55.9 Å². The normalized spacial score (nSPS) is 18.1. The Labute approximate surface area is 199 Å². The molecular weight excluding hydrogens is 410 g/mol. The van der Waals surface area contributed by atoms with Crippen LogP contribution in [0, 0.1) is 0 Å². The van der Waals surface area contributed by atoms with Gasteiger partial charge >= 0.3 is 6.03 Å². The minimum Gasteiger partial charge on any atom is -0.494 e. The summed E-state index contributed by atoms with van der Waals surface area (Å²) in [5.41, 5.74) is 2.51. The SMILES string of the molecule is CCOc1ccc(CN(C(=O)NC2CCCCC2)C2CCN(Cc3ccccc3)CC2)cc1. The zero-order chi connectivity index (χ0) is 22.9. The number of nitrogens with one attached hydrogen (secondary N) is 1. The summed E-state index contributed by atoms with van der Waals surface area (Å²) in [6.45, 7) is 6.34. The number of hydrogen-bond donors (Lipinski definition) is 1. The molecule has 178 valence electrons. The Morgan fingerprint density at radius 1 is 0.939 bits per heavy atom. The Morgan fingerprint density at radius 2 is 1.64 bits per heavy atom. The summed E-state index contributed by atoms with van der Waals surface area (Å²) in [7, 11) is 0. The van der Waals surface area contributed by atoms with Crippen molar-refractivity contribution in [3.63, 3.8) is 0 Å². The molecule has 2 aromatic carbocycles. The lowest BCUT2D eigenvalue weighted by atomic mass is 9.95. The number of piperidine rings is 1. The second-order valence-corrected chi connectivity index (χ2v) is 9.48. The summed E-state index contributed by atoms with van der Waals surface area (Å²) in [6, 6.07) is 19.6. The van der Waals surface area contributed by atoms with Crippen LogP contribution in [0.5, 0.6) is 5.75 Å². The Bertz CT molecular complexity index is 841. The lowest BCUT2D eigenvalue weighted by molar-refractivity contribution is 0.110. The van der Waals surface area contributed by atoms with E-state index in [4.69, 9.17) is 4.74 Å². The van der Waals surface area contributed by atoms with Gasteiger partial charge in [-0.1, -0.05) is 61.7 Å². The topological polar surface area (TPSA) is 44.8 Å². The van der Waals surface area contributed by atoms with Crippen molar-refractivity contribution in [2.24, 2.45) is 0 Å². The summed E-state index contributed by atoms with van der Waals surface area (Å²) >= 11 is 0. The first kappa shape index (κ1) is 23.6. The highest BCUT2D eigenvalue weighted by Crippen LogP contribution is 2.23. The van der Waals surface area contributed by atoms with Crippen molar-refractivity contribution in [2.75, 3.05) is 19.7 Å². The maximum Gasteiger partial charge on any atom is 0.318 e. The van der Waals surface area contributed by atoms with Gasteiger partial charge in [0.1, 0.15) is 5.75 Å². The predicted molar refractivity (Wildman–Crippen MR) is 133 cm³/mol. The van der Waals surface area contributed by atoms with E-state index >= 15 is 0 Å². The molecule has 0 unspecified atom stereocenters. The highest BCUT2D eigenvalue weighted by atomic mass is 16.5. The molecule has 0 radical (unpaired) electrons. The number of carbonyl (C=O) groups is 1. The van der Waals surface area contributed by atoms with Gasteiger partial charge < -0.3 is 15.0 Å². The fourth-order valence-corrected chi connectivity index (χ4v) is 5.16. The Balaban J connectivity index is 1.39. The summed E-state index contributed by atoms with van der Waals surface area (Å²) < 4.78 is 5.59. The number of benzene rings is 2. The summed E-state index contributed by atoms with van der Waals surface area (Å²) in [6.07, 6.45) is 7.99. The monoisotopic (exact) mass is 449 g/mol. The molecule has 2 amide bonds. The summed E-state index contributed by atoms with van der Waals surface area (Å²) in [5, 5.41) is 3.37. The van der Waals surface area contributed by atoms with Crippen LogP contribution in [0.25, 0.3) is 0 Å². The van der Waals surface area contributed by atoms with E-state index in [0.717, 1.165) is 56.6 Å². The van der Waals surface area contributed by atoms with Crippen LogP contribution in [0.15, 0.2) is 54.6 Å². The highest BCUT2D eigenvalue weighted by Gasteiger charge is 2.29. The van der Waals surface area contributed by atoms with Crippen LogP contribution in [0.4, 0.5) is 4.79 Å². The third-order valence-corrected chi connectivity index (χ3v) is 7.03. The van der Waals surface area contributed by atoms with Gasteiger partial charge in [0, 0.05) is 38.3 Å². The number of amides is 2. The van der Waals surface area contributed by atoms with Crippen LogP contribution in [0.1, 0.15) is 63.0 Å². The largest absolute Gasteiger partial charge is 0.494 e. The number of ether oxygens (including phenoxy) is 1. The molecule has 1 aliphatic carbocycles. The maximum atomic E-state index is 13.4. The van der Waals surface area contributed by atoms with Crippen molar-refractivity contribution in [2.45, 2.75) is 77.0 Å². The highest BCUT2D eigenvalue weighted by molar-refractivity contribution is 5.75. The van der Waals surface area contributed by atoms with Crippen molar-refractivity contribution >= 4 is 6.03 Å². The van der Waals surface area contributed by atoms with E-state index in [2.05, 4.69) is 57.6 Å². The van der Waals surface area contributed by atoms with Gasteiger partial charge in [-0.2, -0.15) is 0 Å². The number of likely N-dealkylation sites (tertiary alicyclic amines) is 1. The van der Waals surface area contributed by atoms with Gasteiger partial charge in [-0.25, -0.2) is 4.79 Å². The molecule has 0 bridgehead atoms. The van der Waals surface area contributed by atoms with Crippen LogP contribution in [-0.4, -0.2) is 47.6 Å². The minimum atomic E-state index is 0.109. The van der Waals surface area contributed by atoms with Crippen molar-refractivity contribution in [1.29, 1.82) is 0 Å². The number of hydrogen-bond acceptors (Lipinski definition) is 3. The molecule has 2 fully saturated rings. The van der Waals surface area contributed by atoms with Gasteiger partial charge in [-0.15, -0.1) is 0 Å². The summed E-state index contributed by atoms with van der Waals surface area (Å²) in [4.78, 5) is 18.0. The van der Waals surface area contributed by atoms with Crippen molar-refractivity contribution in [3.8, 4) is 5.75 Å². The van der Waals surface area contributed by atoms with Crippen molar-refractivity contribution < 1.29 is 9.53 Å². The second-order valence-electron chi connectivity index (χ2n) is 9.48. The molecule has 1 N–H and O–H groups in total. The number of nitrogens with zero attached hydrogens (tertiary/aromatic N) is 2. The van der Waals surface area contributed by atoms with E-state index in [-0.39, 0.29) is 12.1 Å². The van der Waals surface area contributed by atoms with E-state index in [1.807, 2.05) is 19.1 Å². The minimum absolute atomic E-state index is 0.109. The molecule has 0 spiro atoms. The quantitative estimate of drug-likeness (QED) is 0.571. The zero-order valence-corrected chi connectivity index (χ0v) is 20.0. The fraction of sp³-hybridized carbons (Fsp3) is 0.536. The number of urea groups is 1. The zero-order valence-electron chi connectivity index (χ0n) is 20.0. The molecule has 33 heavy (non-hydrogen) atoms. The van der Waals surface area contributed by atoms with Crippen LogP contribution in [-0.2, 0) is 13.1 Å². The Morgan fingerprint density at radius 3 is 2.30 bits per heavy atom. The van der Waals surface area contributed by atoms with E-state index in [0.29, 0.717) is 19.2 Å². The lowest BCUT2D eigenvalue weighted by Crippen LogP contribution is -2.52. The van der Waals surface area contributed by atoms with E-state index in [9.17, 15) is 4.79 Å². The predicted octanol–water partition coefficient (Wildman–Crippen LogP) is 5.59. The van der Waals surface area contributed by atoms with E-state index in [1.54, 1.807) is 0 Å². The van der Waals surface area contributed by atoms with E-state index in [1.165, 1.54) is 24.8 Å². The van der Waals surface area contributed by atoms with Gasteiger partial charge in [0.25, 0.3) is 0 Å². The van der Waals surface area contributed by atoms with Crippen LogP contribution in [0.2, 0.25) is 0 Å². The molecule has 0 atom stereocenters. The standard InChI is InChI=1S/C28H39N3O2/c1-2-33-27-15-13-24(14-16-27)22-31(28(32)29-25-11-7-4-8-12-25)26-17-19-30(20-18-26)21-23-9-5-3-6-10-23/h3,5-6,9-10,13-16,25-26H,2,4,7-8,11-12,17-22H2,1H3,(H,29,32). The third kappa shape index (κ3) is 6.97. The molecule has 5 heteroatoms. The summed E-state index contributed by atoms with van der Waals surface area (Å²) in [5.74, 6) is 0.883. The lowest BCUT2D eigenvalue weighted by Gasteiger charge is -2.39. The molecule has 2 aromatic rings. The average molecular weight is 450 g/mol. The van der Waals surface area contributed by atoms with Gasteiger partial charge in [-0.3, -0.25) is 4.90 Å². The molecule has 5 nitrogen and oxygen atoms in total. The Kier molecular flexibility index (Phi) is 8.65. The number of carbonyl (C=O) groups excluding carboxylic acids is 1. The maximum absolute atomic E-state index is 13.4.